The molecule has 1 aliphatic rings. The molecule has 3 aromatic rings. The number of aromatic nitrogens is 1. The number of allylic oxidation sites excluding steroid dienone is 1. The standard InChI is InChI=1S/C29H29N3O7/c1-2-38-26(34)11-6-16-30-25(33)18-39-29(35)27-22-8-3-4-10-24(22)31-28-20(7-5-9-23(27)28)17-19-12-14-21(15-13-19)32(36)37/h3-4,8,10,12-15,17H,2,5-7,9,11,16,18H2,1H3,(H,30,33)/b20-17+. The highest BCUT2D eigenvalue weighted by atomic mass is 16.6. The average Bonchev–Trinajstić information content (AvgIpc) is 2.93. The first-order valence-corrected chi connectivity index (χ1v) is 12.8. The maximum absolute atomic E-state index is 13.3. The molecule has 2 aromatic carbocycles. The number of nitrogens with one attached hydrogen (secondary N) is 1. The number of rotatable bonds is 10. The lowest BCUT2D eigenvalue weighted by Crippen LogP contribution is -2.30. The fourth-order valence-electron chi connectivity index (χ4n) is 4.55. The van der Waals surface area contributed by atoms with E-state index in [1.807, 2.05) is 30.3 Å². The van der Waals surface area contributed by atoms with Crippen molar-refractivity contribution in [3.63, 3.8) is 0 Å². The van der Waals surface area contributed by atoms with Crippen LogP contribution in [0, 0.1) is 10.1 Å². The summed E-state index contributed by atoms with van der Waals surface area (Å²) in [6.07, 6.45) is 4.69. The first-order valence-electron chi connectivity index (χ1n) is 12.8. The van der Waals surface area contributed by atoms with Gasteiger partial charge in [-0.3, -0.25) is 19.7 Å². The Kier molecular flexibility index (Phi) is 8.98. The summed E-state index contributed by atoms with van der Waals surface area (Å²) in [5, 5.41) is 14.3. The predicted molar refractivity (Wildman–Crippen MR) is 145 cm³/mol. The van der Waals surface area contributed by atoms with Gasteiger partial charge in [0.15, 0.2) is 6.61 Å². The van der Waals surface area contributed by atoms with Gasteiger partial charge in [-0.2, -0.15) is 0 Å². The Morgan fingerprint density at radius 2 is 1.85 bits per heavy atom. The summed E-state index contributed by atoms with van der Waals surface area (Å²) >= 11 is 0. The van der Waals surface area contributed by atoms with Crippen LogP contribution >= 0.6 is 0 Å². The molecule has 0 fully saturated rings. The topological polar surface area (TPSA) is 138 Å². The van der Waals surface area contributed by atoms with Crippen LogP contribution in [0.1, 0.15) is 59.8 Å². The average molecular weight is 532 g/mol. The van der Waals surface area contributed by atoms with Crippen LogP contribution in [0.2, 0.25) is 0 Å². The Morgan fingerprint density at radius 3 is 2.59 bits per heavy atom. The van der Waals surface area contributed by atoms with Gasteiger partial charge in [0, 0.05) is 30.5 Å². The zero-order chi connectivity index (χ0) is 27.8. The van der Waals surface area contributed by atoms with Gasteiger partial charge in [-0.25, -0.2) is 9.78 Å². The van der Waals surface area contributed by atoms with Crippen molar-refractivity contribution in [1.29, 1.82) is 0 Å². The number of hydrogen-bond acceptors (Lipinski definition) is 8. The zero-order valence-electron chi connectivity index (χ0n) is 21.6. The van der Waals surface area contributed by atoms with Crippen LogP contribution in [0.25, 0.3) is 22.6 Å². The van der Waals surface area contributed by atoms with E-state index in [0.717, 1.165) is 29.5 Å². The van der Waals surface area contributed by atoms with Crippen molar-refractivity contribution in [3.8, 4) is 0 Å². The third kappa shape index (κ3) is 6.84. The van der Waals surface area contributed by atoms with Gasteiger partial charge >= 0.3 is 11.9 Å². The lowest BCUT2D eigenvalue weighted by atomic mass is 9.86. The van der Waals surface area contributed by atoms with E-state index in [9.17, 15) is 24.5 Å². The molecule has 10 nitrogen and oxygen atoms in total. The van der Waals surface area contributed by atoms with Gasteiger partial charge in [-0.1, -0.05) is 18.2 Å². The van der Waals surface area contributed by atoms with Crippen LogP contribution in [0.3, 0.4) is 0 Å². The van der Waals surface area contributed by atoms with E-state index in [2.05, 4.69) is 5.32 Å². The molecule has 39 heavy (non-hydrogen) atoms. The molecule has 0 saturated heterocycles. The summed E-state index contributed by atoms with van der Waals surface area (Å²) in [6, 6.07) is 13.6. The molecule has 1 amide bonds. The molecule has 1 aromatic heterocycles. The SMILES string of the molecule is CCOC(=O)CCCNC(=O)COC(=O)c1c2c(nc3ccccc13)/C(=C/c1ccc([N+](=O)[O-])cc1)CCC2. The van der Waals surface area contributed by atoms with Gasteiger partial charge in [0.05, 0.1) is 28.3 Å². The number of para-hydroxylation sites is 1. The van der Waals surface area contributed by atoms with E-state index >= 15 is 0 Å². The first-order chi connectivity index (χ1) is 18.9. The van der Waals surface area contributed by atoms with Crippen LogP contribution in [-0.4, -0.2) is 47.5 Å². The highest BCUT2D eigenvalue weighted by Crippen LogP contribution is 2.36. The number of carbonyl (C=O) groups excluding carboxylic acids is 3. The minimum Gasteiger partial charge on any atom is -0.466 e. The van der Waals surface area contributed by atoms with E-state index in [1.165, 1.54) is 12.1 Å². The number of nitro groups is 1. The highest BCUT2D eigenvalue weighted by Gasteiger charge is 2.26. The lowest BCUT2D eigenvalue weighted by Gasteiger charge is -2.22. The van der Waals surface area contributed by atoms with Gasteiger partial charge in [0.1, 0.15) is 0 Å². The summed E-state index contributed by atoms with van der Waals surface area (Å²) in [7, 11) is 0. The minimum absolute atomic E-state index is 0.0124. The van der Waals surface area contributed by atoms with Crippen molar-refractivity contribution in [2.45, 2.75) is 39.0 Å². The second-order valence-corrected chi connectivity index (χ2v) is 9.04. The quantitative estimate of drug-likeness (QED) is 0.173. The summed E-state index contributed by atoms with van der Waals surface area (Å²) in [6.45, 7) is 1.85. The third-order valence-corrected chi connectivity index (χ3v) is 6.34. The molecule has 1 aliphatic carbocycles. The van der Waals surface area contributed by atoms with Gasteiger partial charge in [-0.15, -0.1) is 0 Å². The van der Waals surface area contributed by atoms with Crippen LogP contribution in [0.5, 0.6) is 0 Å². The second-order valence-electron chi connectivity index (χ2n) is 9.04. The molecular formula is C29H29N3O7. The molecular weight excluding hydrogens is 502 g/mol. The van der Waals surface area contributed by atoms with Crippen molar-refractivity contribution in [2.24, 2.45) is 0 Å². The number of ether oxygens (including phenoxy) is 2. The van der Waals surface area contributed by atoms with E-state index < -0.39 is 23.4 Å². The predicted octanol–water partition coefficient (Wildman–Crippen LogP) is 4.64. The summed E-state index contributed by atoms with van der Waals surface area (Å²) < 4.78 is 10.3. The van der Waals surface area contributed by atoms with E-state index in [-0.39, 0.29) is 24.6 Å². The number of hydrogen-bond donors (Lipinski definition) is 1. The van der Waals surface area contributed by atoms with Gasteiger partial charge in [0.25, 0.3) is 11.6 Å². The lowest BCUT2D eigenvalue weighted by molar-refractivity contribution is -0.384. The van der Waals surface area contributed by atoms with E-state index in [4.69, 9.17) is 14.5 Å². The third-order valence-electron chi connectivity index (χ3n) is 6.34. The Balaban J connectivity index is 1.54. The summed E-state index contributed by atoms with van der Waals surface area (Å²) in [5.74, 6) is -1.39. The molecule has 10 heteroatoms. The van der Waals surface area contributed by atoms with Gasteiger partial charge in [0.2, 0.25) is 0 Å². The van der Waals surface area contributed by atoms with Crippen LogP contribution in [-0.2, 0) is 25.5 Å². The molecule has 1 N–H and O–H groups in total. The van der Waals surface area contributed by atoms with Gasteiger partial charge in [-0.05, 0) is 73.6 Å². The Morgan fingerprint density at radius 1 is 1.08 bits per heavy atom. The van der Waals surface area contributed by atoms with E-state index in [1.54, 1.807) is 19.1 Å². The molecule has 0 radical (unpaired) electrons. The number of nitrogens with zero attached hydrogens (tertiary/aromatic N) is 2. The van der Waals surface area contributed by atoms with Crippen molar-refractivity contribution in [3.05, 3.63) is 81.0 Å². The molecule has 0 spiro atoms. The molecule has 202 valence electrons. The molecule has 0 unspecified atom stereocenters. The number of fused-ring (bicyclic) bond motifs is 2. The van der Waals surface area contributed by atoms with Crippen molar-refractivity contribution < 1.29 is 28.8 Å². The summed E-state index contributed by atoms with van der Waals surface area (Å²) in [5.41, 5.74) is 4.19. The Bertz CT molecular complexity index is 1430. The number of nitro benzene ring substituents is 1. The normalized spacial score (nSPS) is 13.5. The van der Waals surface area contributed by atoms with Crippen molar-refractivity contribution in [1.82, 2.24) is 10.3 Å². The second kappa shape index (κ2) is 12.8. The minimum atomic E-state index is -0.608. The van der Waals surface area contributed by atoms with Crippen molar-refractivity contribution in [2.75, 3.05) is 19.8 Å². The number of benzene rings is 2. The number of carbonyl (C=O) groups is 3. The summed E-state index contributed by atoms with van der Waals surface area (Å²) in [4.78, 5) is 52.4. The molecule has 4 rings (SSSR count). The fourth-order valence-corrected chi connectivity index (χ4v) is 4.55. The Labute approximate surface area is 225 Å². The van der Waals surface area contributed by atoms with Crippen LogP contribution < -0.4 is 5.32 Å². The first kappa shape index (κ1) is 27.4. The van der Waals surface area contributed by atoms with Crippen LogP contribution in [0.4, 0.5) is 5.69 Å². The molecule has 0 atom stereocenters. The Hall–Kier alpha value is -4.60. The smallest absolute Gasteiger partial charge is 0.339 e. The molecule has 1 heterocycles. The molecule has 0 bridgehead atoms. The number of non-ortho nitro benzene ring substituents is 1. The maximum atomic E-state index is 13.3. The molecule has 0 saturated carbocycles. The number of amides is 1. The maximum Gasteiger partial charge on any atom is 0.339 e. The monoisotopic (exact) mass is 531 g/mol. The zero-order valence-corrected chi connectivity index (χ0v) is 21.6. The van der Waals surface area contributed by atoms with E-state index in [0.29, 0.717) is 41.6 Å². The van der Waals surface area contributed by atoms with Crippen LogP contribution in [0.15, 0.2) is 48.5 Å². The van der Waals surface area contributed by atoms with Gasteiger partial charge < -0.3 is 14.8 Å². The number of esters is 2. The largest absolute Gasteiger partial charge is 0.466 e. The highest BCUT2D eigenvalue weighted by molar-refractivity contribution is 6.07. The van der Waals surface area contributed by atoms with Crippen molar-refractivity contribution >= 4 is 46.1 Å². The molecule has 0 aliphatic heterocycles. The number of pyridine rings is 1. The fraction of sp³-hybridized carbons (Fsp3) is 0.310.